The maximum absolute atomic E-state index is 6.19. The quantitative estimate of drug-likeness (QED) is 0.658. The van der Waals surface area contributed by atoms with Crippen LogP contribution in [0, 0.1) is 6.92 Å². The summed E-state index contributed by atoms with van der Waals surface area (Å²) in [6.45, 7) is 4.40. The molecule has 0 aliphatic carbocycles. The highest BCUT2D eigenvalue weighted by Crippen LogP contribution is 2.25. The van der Waals surface area contributed by atoms with E-state index in [1.54, 1.807) is 18.3 Å². The molecule has 3 N–H and O–H groups in total. The van der Waals surface area contributed by atoms with Crippen molar-refractivity contribution in [3.05, 3.63) is 63.4 Å². The number of benzene rings is 1. The molecule has 2 aromatic rings. The highest BCUT2D eigenvalue weighted by Gasteiger charge is 2.10. The smallest absolute Gasteiger partial charge is 0.189 e. The number of aromatic nitrogens is 1. The maximum atomic E-state index is 6.19. The number of pyridine rings is 1. The molecule has 1 aromatic heterocycles. The lowest BCUT2D eigenvalue weighted by atomic mass is 10.1. The Morgan fingerprint density at radius 3 is 2.82 bits per heavy atom. The molecule has 1 aromatic carbocycles. The molecule has 0 saturated heterocycles. The first-order chi connectivity index (χ1) is 10.5. The molecular formula is C16H18Cl2N4. The maximum Gasteiger partial charge on any atom is 0.189 e. The van der Waals surface area contributed by atoms with Gasteiger partial charge in [-0.05, 0) is 43.2 Å². The molecule has 0 fully saturated rings. The zero-order valence-corrected chi connectivity index (χ0v) is 14.0. The van der Waals surface area contributed by atoms with E-state index in [1.807, 2.05) is 32.0 Å². The summed E-state index contributed by atoms with van der Waals surface area (Å²) in [6, 6.07) is 9.20. The van der Waals surface area contributed by atoms with Crippen LogP contribution in [0.2, 0.25) is 10.0 Å². The molecule has 0 aliphatic rings. The summed E-state index contributed by atoms with van der Waals surface area (Å²) in [5.41, 5.74) is 8.84. The van der Waals surface area contributed by atoms with E-state index in [2.05, 4.69) is 15.3 Å². The van der Waals surface area contributed by atoms with E-state index in [9.17, 15) is 0 Å². The van der Waals surface area contributed by atoms with Crippen LogP contribution < -0.4 is 11.1 Å². The predicted octanol–water partition coefficient (Wildman–Crippen LogP) is 3.86. The summed E-state index contributed by atoms with van der Waals surface area (Å²) in [4.78, 5) is 8.60. The molecule has 0 bridgehead atoms. The normalized spacial score (nSPS) is 13.0. The molecule has 0 spiro atoms. The van der Waals surface area contributed by atoms with Crippen molar-refractivity contribution in [1.29, 1.82) is 0 Å². The van der Waals surface area contributed by atoms with Crippen LogP contribution in [-0.4, -0.2) is 10.9 Å². The predicted molar refractivity (Wildman–Crippen MR) is 92.3 cm³/mol. The third-order valence-electron chi connectivity index (χ3n) is 3.31. The van der Waals surface area contributed by atoms with Crippen LogP contribution >= 0.6 is 23.2 Å². The van der Waals surface area contributed by atoms with Crippen LogP contribution in [0.25, 0.3) is 0 Å². The SMILES string of the molecule is Cc1cccnc1CN=C(N)NC(C)c1ccc(Cl)cc1Cl. The van der Waals surface area contributed by atoms with E-state index in [0.29, 0.717) is 22.5 Å². The van der Waals surface area contributed by atoms with Crippen LogP contribution in [0.3, 0.4) is 0 Å². The molecular weight excluding hydrogens is 319 g/mol. The first-order valence-electron chi connectivity index (χ1n) is 6.89. The number of nitrogens with one attached hydrogen (secondary N) is 1. The minimum Gasteiger partial charge on any atom is -0.370 e. The first-order valence-corrected chi connectivity index (χ1v) is 7.65. The second kappa shape index (κ2) is 7.47. The lowest BCUT2D eigenvalue weighted by molar-refractivity contribution is 0.707. The van der Waals surface area contributed by atoms with Crippen molar-refractivity contribution in [2.24, 2.45) is 10.7 Å². The van der Waals surface area contributed by atoms with E-state index in [0.717, 1.165) is 16.8 Å². The topological polar surface area (TPSA) is 63.3 Å². The highest BCUT2D eigenvalue weighted by molar-refractivity contribution is 6.35. The van der Waals surface area contributed by atoms with Crippen molar-refractivity contribution in [1.82, 2.24) is 10.3 Å². The molecule has 0 amide bonds. The first kappa shape index (κ1) is 16.6. The van der Waals surface area contributed by atoms with Crippen LogP contribution in [0.5, 0.6) is 0 Å². The van der Waals surface area contributed by atoms with Crippen LogP contribution in [-0.2, 0) is 6.54 Å². The van der Waals surface area contributed by atoms with Crippen molar-refractivity contribution in [2.45, 2.75) is 26.4 Å². The van der Waals surface area contributed by atoms with Gasteiger partial charge in [-0.1, -0.05) is 35.3 Å². The van der Waals surface area contributed by atoms with Crippen LogP contribution in [0.15, 0.2) is 41.5 Å². The number of guanidine groups is 1. The third kappa shape index (κ3) is 4.36. The fraction of sp³-hybridized carbons (Fsp3) is 0.250. The molecule has 1 atom stereocenters. The molecule has 22 heavy (non-hydrogen) atoms. The average molecular weight is 337 g/mol. The van der Waals surface area contributed by atoms with Gasteiger partial charge in [0.15, 0.2) is 5.96 Å². The molecule has 1 heterocycles. The van der Waals surface area contributed by atoms with Gasteiger partial charge in [0.25, 0.3) is 0 Å². The average Bonchev–Trinajstić information content (AvgIpc) is 2.46. The monoisotopic (exact) mass is 336 g/mol. The molecule has 0 aliphatic heterocycles. The second-order valence-corrected chi connectivity index (χ2v) is 5.84. The summed E-state index contributed by atoms with van der Waals surface area (Å²) in [7, 11) is 0. The van der Waals surface area contributed by atoms with Gasteiger partial charge in [0.1, 0.15) is 0 Å². The Hall–Kier alpha value is -1.78. The largest absolute Gasteiger partial charge is 0.370 e. The Balaban J connectivity index is 2.03. The number of nitrogens with zero attached hydrogens (tertiary/aromatic N) is 2. The number of rotatable bonds is 4. The summed E-state index contributed by atoms with van der Waals surface area (Å²) in [5, 5.41) is 4.32. The molecule has 4 nitrogen and oxygen atoms in total. The van der Waals surface area contributed by atoms with Crippen molar-refractivity contribution >= 4 is 29.2 Å². The van der Waals surface area contributed by atoms with Gasteiger partial charge in [-0.25, -0.2) is 4.99 Å². The van der Waals surface area contributed by atoms with Crippen LogP contribution in [0.4, 0.5) is 0 Å². The number of hydrogen-bond acceptors (Lipinski definition) is 2. The number of aliphatic imine (C=N–C) groups is 1. The van der Waals surface area contributed by atoms with Gasteiger partial charge in [-0.15, -0.1) is 0 Å². The molecule has 0 saturated carbocycles. The summed E-state index contributed by atoms with van der Waals surface area (Å²) in [5.74, 6) is 0.351. The van der Waals surface area contributed by atoms with Gasteiger partial charge in [0.05, 0.1) is 18.3 Å². The number of aryl methyl sites for hydroxylation is 1. The van der Waals surface area contributed by atoms with Gasteiger partial charge < -0.3 is 11.1 Å². The van der Waals surface area contributed by atoms with E-state index in [-0.39, 0.29) is 6.04 Å². The van der Waals surface area contributed by atoms with Gasteiger partial charge >= 0.3 is 0 Å². The highest BCUT2D eigenvalue weighted by atomic mass is 35.5. The molecule has 116 valence electrons. The van der Waals surface area contributed by atoms with E-state index < -0.39 is 0 Å². The Morgan fingerprint density at radius 1 is 1.36 bits per heavy atom. The van der Waals surface area contributed by atoms with Gasteiger partial charge in [0, 0.05) is 16.2 Å². The standard InChI is InChI=1S/C16H18Cl2N4/c1-10-4-3-7-20-15(10)9-21-16(19)22-11(2)13-6-5-12(17)8-14(13)18/h3-8,11H,9H2,1-2H3,(H3,19,21,22). The van der Waals surface area contributed by atoms with Crippen molar-refractivity contribution in [3.63, 3.8) is 0 Å². The van der Waals surface area contributed by atoms with E-state index in [4.69, 9.17) is 28.9 Å². The van der Waals surface area contributed by atoms with E-state index >= 15 is 0 Å². The van der Waals surface area contributed by atoms with Gasteiger partial charge in [-0.3, -0.25) is 4.98 Å². The molecule has 2 rings (SSSR count). The lowest BCUT2D eigenvalue weighted by Gasteiger charge is -2.16. The second-order valence-electron chi connectivity index (χ2n) is 5.00. The van der Waals surface area contributed by atoms with Crippen molar-refractivity contribution < 1.29 is 0 Å². The van der Waals surface area contributed by atoms with Crippen molar-refractivity contribution in [3.8, 4) is 0 Å². The minimum absolute atomic E-state index is 0.0710. The molecule has 1 unspecified atom stereocenters. The van der Waals surface area contributed by atoms with Crippen LogP contribution in [0.1, 0.15) is 29.8 Å². The Morgan fingerprint density at radius 2 is 2.14 bits per heavy atom. The van der Waals surface area contributed by atoms with Gasteiger partial charge in [0.2, 0.25) is 0 Å². The summed E-state index contributed by atoms with van der Waals surface area (Å²) in [6.07, 6.45) is 1.75. The summed E-state index contributed by atoms with van der Waals surface area (Å²) >= 11 is 12.1. The zero-order chi connectivity index (χ0) is 16.1. The fourth-order valence-electron chi connectivity index (χ4n) is 2.04. The Bertz CT molecular complexity index is 686. The number of halogens is 2. The lowest BCUT2D eigenvalue weighted by Crippen LogP contribution is -2.34. The fourth-order valence-corrected chi connectivity index (χ4v) is 2.61. The van der Waals surface area contributed by atoms with Crippen molar-refractivity contribution in [2.75, 3.05) is 0 Å². The number of hydrogen-bond donors (Lipinski definition) is 2. The minimum atomic E-state index is -0.0710. The van der Waals surface area contributed by atoms with Gasteiger partial charge in [-0.2, -0.15) is 0 Å². The Kier molecular flexibility index (Phi) is 5.63. The number of nitrogens with two attached hydrogens (primary N) is 1. The summed E-state index contributed by atoms with van der Waals surface area (Å²) < 4.78 is 0. The molecule has 0 radical (unpaired) electrons. The third-order valence-corrected chi connectivity index (χ3v) is 3.87. The zero-order valence-electron chi connectivity index (χ0n) is 12.5. The Labute approximate surface area is 140 Å². The molecule has 6 heteroatoms. The van der Waals surface area contributed by atoms with E-state index in [1.165, 1.54) is 0 Å².